The zero-order chi connectivity index (χ0) is 20.4. The van der Waals surface area contributed by atoms with Gasteiger partial charge in [-0.1, -0.05) is 17.7 Å². The maximum atomic E-state index is 11.7. The van der Waals surface area contributed by atoms with Gasteiger partial charge in [0.1, 0.15) is 16.9 Å². The quantitative estimate of drug-likeness (QED) is 0.807. The van der Waals surface area contributed by atoms with Gasteiger partial charge in [0.25, 0.3) is 5.56 Å². The second-order valence-corrected chi connectivity index (χ2v) is 7.94. The van der Waals surface area contributed by atoms with Crippen molar-refractivity contribution in [3.63, 3.8) is 0 Å². The van der Waals surface area contributed by atoms with E-state index in [1.54, 1.807) is 19.3 Å². The summed E-state index contributed by atoms with van der Waals surface area (Å²) >= 11 is 6.11. The Labute approximate surface area is 173 Å². The predicted molar refractivity (Wildman–Crippen MR) is 111 cm³/mol. The Kier molecular flexibility index (Phi) is 5.67. The van der Waals surface area contributed by atoms with Crippen LogP contribution in [0, 0.1) is 5.92 Å². The van der Waals surface area contributed by atoms with Gasteiger partial charge in [0.05, 0.1) is 18.4 Å². The van der Waals surface area contributed by atoms with Gasteiger partial charge in [-0.2, -0.15) is 5.10 Å². The standard InChI is InChI=1S/C21H23ClN4O3/c1-13(27)14-2-4-15(5-3-14)16-6-8-23-19(10-16)29-17-7-9-26(12-17)18-11-24-25-21(28)20(18)22/h4,6,8,10-11,14,17H,2-3,5,7,9,12H2,1H3,(H,25,28)/t14?,17-/m1/s1. The normalized spacial score (nSPS) is 21.7. The number of aromatic nitrogens is 3. The van der Waals surface area contributed by atoms with Gasteiger partial charge in [0.2, 0.25) is 5.88 Å². The van der Waals surface area contributed by atoms with Crippen LogP contribution in [0.25, 0.3) is 5.57 Å². The van der Waals surface area contributed by atoms with Crippen molar-refractivity contribution in [2.75, 3.05) is 18.0 Å². The predicted octanol–water partition coefficient (Wildman–Crippen LogP) is 3.25. The molecule has 1 N–H and O–H groups in total. The molecule has 1 unspecified atom stereocenters. The van der Waals surface area contributed by atoms with Gasteiger partial charge in [0.15, 0.2) is 0 Å². The molecule has 29 heavy (non-hydrogen) atoms. The topological polar surface area (TPSA) is 88.2 Å². The Morgan fingerprint density at radius 1 is 1.38 bits per heavy atom. The molecule has 7 nitrogen and oxygen atoms in total. The van der Waals surface area contributed by atoms with E-state index in [-0.39, 0.29) is 22.8 Å². The molecule has 0 saturated carbocycles. The van der Waals surface area contributed by atoms with Crippen LogP contribution in [0.15, 0.2) is 35.4 Å². The lowest BCUT2D eigenvalue weighted by Crippen LogP contribution is -2.26. The van der Waals surface area contributed by atoms with Crippen molar-refractivity contribution in [3.05, 3.63) is 51.5 Å². The summed E-state index contributed by atoms with van der Waals surface area (Å²) in [4.78, 5) is 29.6. The lowest BCUT2D eigenvalue weighted by Gasteiger charge is -2.21. The molecule has 152 valence electrons. The molecule has 2 atom stereocenters. The molecule has 8 heteroatoms. The van der Waals surface area contributed by atoms with Gasteiger partial charge in [-0.3, -0.25) is 9.59 Å². The molecular formula is C21H23ClN4O3. The number of ether oxygens (including phenoxy) is 1. The molecule has 1 fully saturated rings. The molecule has 0 radical (unpaired) electrons. The number of nitrogens with zero attached hydrogens (tertiary/aromatic N) is 3. The van der Waals surface area contributed by atoms with Gasteiger partial charge in [-0.05, 0) is 43.4 Å². The number of halogens is 1. The molecule has 2 aromatic heterocycles. The fourth-order valence-electron chi connectivity index (χ4n) is 3.95. The number of Topliss-reactive ketones (excluding diaryl/α,β-unsaturated/α-hetero) is 1. The van der Waals surface area contributed by atoms with Crippen LogP contribution < -0.4 is 15.2 Å². The number of carbonyl (C=O) groups excluding carboxylic acids is 1. The van der Waals surface area contributed by atoms with Gasteiger partial charge < -0.3 is 9.64 Å². The molecular weight excluding hydrogens is 392 g/mol. The van der Waals surface area contributed by atoms with Gasteiger partial charge in [-0.25, -0.2) is 10.1 Å². The Balaban J connectivity index is 1.42. The van der Waals surface area contributed by atoms with Crippen molar-refractivity contribution in [1.82, 2.24) is 15.2 Å². The van der Waals surface area contributed by atoms with Crippen LogP contribution in [0.4, 0.5) is 5.69 Å². The largest absolute Gasteiger partial charge is 0.472 e. The summed E-state index contributed by atoms with van der Waals surface area (Å²) in [5, 5.41) is 6.31. The van der Waals surface area contributed by atoms with Crippen LogP contribution in [0.3, 0.4) is 0 Å². The fourth-order valence-corrected chi connectivity index (χ4v) is 4.16. The van der Waals surface area contributed by atoms with Crippen LogP contribution in [-0.2, 0) is 4.79 Å². The number of anilines is 1. The maximum absolute atomic E-state index is 11.7. The Morgan fingerprint density at radius 2 is 2.24 bits per heavy atom. The number of pyridine rings is 1. The Morgan fingerprint density at radius 3 is 3.00 bits per heavy atom. The highest BCUT2D eigenvalue weighted by Gasteiger charge is 2.27. The van der Waals surface area contributed by atoms with E-state index in [2.05, 4.69) is 21.3 Å². The summed E-state index contributed by atoms with van der Waals surface area (Å²) in [5.74, 6) is 0.993. The van der Waals surface area contributed by atoms with E-state index in [4.69, 9.17) is 16.3 Å². The minimum atomic E-state index is -0.393. The Hall–Kier alpha value is -2.67. The third-order valence-corrected chi connectivity index (χ3v) is 6.01. The van der Waals surface area contributed by atoms with E-state index < -0.39 is 5.56 Å². The van der Waals surface area contributed by atoms with Crippen molar-refractivity contribution in [2.45, 2.75) is 38.7 Å². The number of allylic oxidation sites excluding steroid dienone is 2. The first-order valence-electron chi connectivity index (χ1n) is 9.82. The van der Waals surface area contributed by atoms with E-state index in [0.29, 0.717) is 18.1 Å². The van der Waals surface area contributed by atoms with Crippen molar-refractivity contribution in [3.8, 4) is 5.88 Å². The summed E-state index contributed by atoms with van der Waals surface area (Å²) < 4.78 is 6.10. The summed E-state index contributed by atoms with van der Waals surface area (Å²) in [6.07, 6.45) is 8.82. The summed E-state index contributed by atoms with van der Waals surface area (Å²) in [6.45, 7) is 3.01. The van der Waals surface area contributed by atoms with E-state index >= 15 is 0 Å². The lowest BCUT2D eigenvalue weighted by atomic mass is 9.85. The highest BCUT2D eigenvalue weighted by molar-refractivity contribution is 6.33. The van der Waals surface area contributed by atoms with E-state index in [1.807, 2.05) is 17.0 Å². The first-order valence-corrected chi connectivity index (χ1v) is 10.2. The maximum Gasteiger partial charge on any atom is 0.285 e. The second kappa shape index (κ2) is 8.37. The van der Waals surface area contributed by atoms with E-state index in [0.717, 1.165) is 37.8 Å². The average molecular weight is 415 g/mol. The van der Waals surface area contributed by atoms with Crippen LogP contribution in [0.2, 0.25) is 5.02 Å². The van der Waals surface area contributed by atoms with Gasteiger partial charge in [0, 0.05) is 31.1 Å². The minimum absolute atomic E-state index is 0.0458. The van der Waals surface area contributed by atoms with Crippen LogP contribution >= 0.6 is 11.6 Å². The third kappa shape index (κ3) is 4.34. The molecule has 1 aliphatic heterocycles. The number of nitrogens with one attached hydrogen (secondary N) is 1. The molecule has 3 heterocycles. The average Bonchev–Trinajstić information content (AvgIpc) is 3.18. The molecule has 0 bridgehead atoms. The highest BCUT2D eigenvalue weighted by atomic mass is 35.5. The van der Waals surface area contributed by atoms with Crippen LogP contribution in [0.5, 0.6) is 5.88 Å². The second-order valence-electron chi connectivity index (χ2n) is 7.57. The lowest BCUT2D eigenvalue weighted by molar-refractivity contribution is -0.120. The first-order chi connectivity index (χ1) is 14.0. The van der Waals surface area contributed by atoms with Crippen LogP contribution in [-0.4, -0.2) is 40.2 Å². The molecule has 0 spiro atoms. The summed E-state index contributed by atoms with van der Waals surface area (Å²) in [5.41, 5.74) is 2.56. The number of aromatic amines is 1. The molecule has 0 aromatic carbocycles. The van der Waals surface area contributed by atoms with Gasteiger partial charge in [-0.15, -0.1) is 0 Å². The fraction of sp³-hybridized carbons (Fsp3) is 0.429. The zero-order valence-electron chi connectivity index (χ0n) is 16.2. The molecule has 1 aliphatic carbocycles. The number of carbonyl (C=O) groups is 1. The van der Waals surface area contributed by atoms with Crippen molar-refractivity contribution < 1.29 is 9.53 Å². The smallest absolute Gasteiger partial charge is 0.285 e. The third-order valence-electron chi connectivity index (χ3n) is 5.64. The number of rotatable bonds is 5. The number of hydrogen-bond acceptors (Lipinski definition) is 6. The number of hydrogen-bond donors (Lipinski definition) is 1. The van der Waals surface area contributed by atoms with Crippen molar-refractivity contribution >= 4 is 28.6 Å². The van der Waals surface area contributed by atoms with E-state index in [9.17, 15) is 9.59 Å². The summed E-state index contributed by atoms with van der Waals surface area (Å²) in [7, 11) is 0. The van der Waals surface area contributed by atoms with Crippen molar-refractivity contribution in [2.24, 2.45) is 5.92 Å². The molecule has 2 aromatic rings. The molecule has 2 aliphatic rings. The number of ketones is 1. The first kappa shape index (κ1) is 19.6. The SMILES string of the molecule is CC(=O)C1CC=C(c2ccnc(O[C@@H]3CCN(c4cn[nH]c(=O)c4Cl)C3)c2)CC1. The molecule has 1 saturated heterocycles. The molecule has 0 amide bonds. The minimum Gasteiger partial charge on any atom is -0.472 e. The van der Waals surface area contributed by atoms with E-state index in [1.165, 1.54) is 5.57 Å². The van der Waals surface area contributed by atoms with Crippen LogP contribution in [0.1, 0.15) is 38.2 Å². The van der Waals surface area contributed by atoms with Crippen molar-refractivity contribution in [1.29, 1.82) is 0 Å². The summed E-state index contributed by atoms with van der Waals surface area (Å²) in [6, 6.07) is 3.94. The zero-order valence-corrected chi connectivity index (χ0v) is 17.0. The van der Waals surface area contributed by atoms with Gasteiger partial charge >= 0.3 is 0 Å². The Bertz CT molecular complexity index is 1000. The highest BCUT2D eigenvalue weighted by Crippen LogP contribution is 2.32. The number of H-pyrrole nitrogens is 1. The monoisotopic (exact) mass is 414 g/mol. The molecule has 4 rings (SSSR count).